The molecule has 0 radical (unpaired) electrons. The average molecular weight is 239 g/mol. The molecule has 1 heterocycles. The molecule has 0 bridgehead atoms. The molecule has 4 nitrogen and oxygen atoms in total. The third-order valence-electron chi connectivity index (χ3n) is 2.30. The number of hydrogen-bond donors (Lipinski definition) is 1. The van der Waals surface area contributed by atoms with E-state index in [1.54, 1.807) is 24.4 Å². The van der Waals surface area contributed by atoms with Crippen LogP contribution in [0.3, 0.4) is 0 Å². The first kappa shape index (κ1) is 11.1. The van der Waals surface area contributed by atoms with Crippen LogP contribution in [0.1, 0.15) is 29.4 Å². The van der Waals surface area contributed by atoms with Crippen LogP contribution in [-0.4, -0.2) is 24.0 Å². The summed E-state index contributed by atoms with van der Waals surface area (Å²) < 4.78 is 5.04. The van der Waals surface area contributed by atoms with Crippen molar-refractivity contribution in [3.05, 3.63) is 22.4 Å². The molecule has 86 valence electrons. The predicted octanol–water partition coefficient (Wildman–Crippen LogP) is 1.57. The quantitative estimate of drug-likeness (QED) is 0.811. The van der Waals surface area contributed by atoms with Crippen molar-refractivity contribution in [1.82, 2.24) is 5.32 Å². The fraction of sp³-hybridized carbons (Fsp3) is 0.455. The summed E-state index contributed by atoms with van der Waals surface area (Å²) in [7, 11) is 0. The molecule has 1 aliphatic carbocycles. The molecule has 1 atom stereocenters. The number of carbonyl (C=O) groups is 2. The number of esters is 1. The second kappa shape index (κ2) is 4.65. The zero-order valence-electron chi connectivity index (χ0n) is 8.93. The van der Waals surface area contributed by atoms with E-state index >= 15 is 0 Å². The number of nitrogens with one attached hydrogen (secondary N) is 1. The number of thiophene rings is 1. The summed E-state index contributed by atoms with van der Waals surface area (Å²) >= 11 is 1.30. The van der Waals surface area contributed by atoms with Crippen molar-refractivity contribution in [1.29, 1.82) is 0 Å². The zero-order valence-corrected chi connectivity index (χ0v) is 9.75. The fourth-order valence-corrected chi connectivity index (χ4v) is 1.82. The van der Waals surface area contributed by atoms with Gasteiger partial charge in [0.2, 0.25) is 0 Å². The van der Waals surface area contributed by atoms with Gasteiger partial charge < -0.3 is 10.1 Å². The summed E-state index contributed by atoms with van der Waals surface area (Å²) in [5.74, 6) is -0.652. The maximum absolute atomic E-state index is 11.5. The highest BCUT2D eigenvalue weighted by molar-refractivity contribution is 7.11. The van der Waals surface area contributed by atoms with Crippen molar-refractivity contribution in [2.24, 2.45) is 0 Å². The van der Waals surface area contributed by atoms with Crippen LogP contribution in [0.2, 0.25) is 0 Å². The van der Waals surface area contributed by atoms with Gasteiger partial charge in [-0.05, 0) is 31.2 Å². The molecule has 0 saturated heterocycles. The summed E-state index contributed by atoms with van der Waals surface area (Å²) in [6.45, 7) is 1.59. The van der Waals surface area contributed by atoms with Gasteiger partial charge >= 0.3 is 5.97 Å². The minimum absolute atomic E-state index is 0.215. The number of rotatable bonds is 4. The Morgan fingerprint density at radius 3 is 2.88 bits per heavy atom. The van der Waals surface area contributed by atoms with E-state index in [1.807, 2.05) is 0 Å². The van der Waals surface area contributed by atoms with Crippen LogP contribution in [0.5, 0.6) is 0 Å². The first-order chi connectivity index (χ1) is 7.66. The number of carbonyl (C=O) groups excluding carboxylic acids is 2. The van der Waals surface area contributed by atoms with E-state index < -0.39 is 12.1 Å². The lowest BCUT2D eigenvalue weighted by Crippen LogP contribution is -2.36. The van der Waals surface area contributed by atoms with Gasteiger partial charge in [0.15, 0.2) is 6.10 Å². The fourth-order valence-electron chi connectivity index (χ4n) is 1.21. The first-order valence-corrected chi connectivity index (χ1v) is 6.09. The van der Waals surface area contributed by atoms with Gasteiger partial charge in [0.1, 0.15) is 4.88 Å². The van der Waals surface area contributed by atoms with Gasteiger partial charge in [-0.1, -0.05) is 6.07 Å². The van der Waals surface area contributed by atoms with Gasteiger partial charge in [0, 0.05) is 6.04 Å². The number of amides is 1. The Balaban J connectivity index is 1.83. The van der Waals surface area contributed by atoms with Crippen molar-refractivity contribution in [3.63, 3.8) is 0 Å². The maximum Gasteiger partial charge on any atom is 0.349 e. The van der Waals surface area contributed by atoms with E-state index in [9.17, 15) is 9.59 Å². The monoisotopic (exact) mass is 239 g/mol. The minimum Gasteiger partial charge on any atom is -0.448 e. The molecular weight excluding hydrogens is 226 g/mol. The molecule has 1 aromatic rings. The van der Waals surface area contributed by atoms with Crippen molar-refractivity contribution < 1.29 is 14.3 Å². The van der Waals surface area contributed by atoms with Crippen molar-refractivity contribution >= 4 is 23.2 Å². The Morgan fingerprint density at radius 1 is 1.56 bits per heavy atom. The molecule has 2 rings (SSSR count). The molecule has 0 spiro atoms. The average Bonchev–Trinajstić information content (AvgIpc) is 2.89. The van der Waals surface area contributed by atoms with Crippen LogP contribution >= 0.6 is 11.3 Å². The van der Waals surface area contributed by atoms with E-state index in [1.165, 1.54) is 11.3 Å². The highest BCUT2D eigenvalue weighted by Crippen LogP contribution is 2.19. The Labute approximate surface area is 97.6 Å². The Kier molecular flexibility index (Phi) is 3.24. The van der Waals surface area contributed by atoms with E-state index in [4.69, 9.17) is 4.74 Å². The summed E-state index contributed by atoms with van der Waals surface area (Å²) in [6.07, 6.45) is 1.32. The van der Waals surface area contributed by atoms with Crippen LogP contribution in [-0.2, 0) is 9.53 Å². The van der Waals surface area contributed by atoms with E-state index in [0.29, 0.717) is 4.88 Å². The smallest absolute Gasteiger partial charge is 0.349 e. The van der Waals surface area contributed by atoms with Crippen molar-refractivity contribution in [2.75, 3.05) is 0 Å². The molecule has 1 amide bonds. The molecule has 5 heteroatoms. The highest BCUT2D eigenvalue weighted by atomic mass is 32.1. The van der Waals surface area contributed by atoms with Crippen molar-refractivity contribution in [2.45, 2.75) is 31.9 Å². The van der Waals surface area contributed by atoms with Gasteiger partial charge in [0.25, 0.3) is 5.91 Å². The third kappa shape index (κ3) is 2.82. The predicted molar refractivity (Wildman–Crippen MR) is 60.4 cm³/mol. The maximum atomic E-state index is 11.5. The molecule has 1 saturated carbocycles. The van der Waals surface area contributed by atoms with Crippen LogP contribution in [0.15, 0.2) is 17.5 Å². The van der Waals surface area contributed by atoms with E-state index in [0.717, 1.165) is 12.8 Å². The summed E-state index contributed by atoms with van der Waals surface area (Å²) in [5.41, 5.74) is 0. The SMILES string of the molecule is C[C@H](OC(=O)c1cccs1)C(=O)NC1CC1. The Hall–Kier alpha value is -1.36. The lowest BCUT2D eigenvalue weighted by Gasteiger charge is -2.12. The Bertz CT molecular complexity index is 384. The summed E-state index contributed by atoms with van der Waals surface area (Å²) in [4.78, 5) is 23.6. The summed E-state index contributed by atoms with van der Waals surface area (Å²) in [6, 6.07) is 3.74. The zero-order chi connectivity index (χ0) is 11.5. The molecule has 1 aliphatic rings. The van der Waals surface area contributed by atoms with E-state index in [2.05, 4.69) is 5.32 Å². The Morgan fingerprint density at radius 2 is 2.31 bits per heavy atom. The normalized spacial score (nSPS) is 16.6. The number of hydrogen-bond acceptors (Lipinski definition) is 4. The van der Waals surface area contributed by atoms with Gasteiger partial charge in [0.05, 0.1) is 0 Å². The first-order valence-electron chi connectivity index (χ1n) is 5.21. The lowest BCUT2D eigenvalue weighted by molar-refractivity contribution is -0.129. The molecule has 16 heavy (non-hydrogen) atoms. The minimum atomic E-state index is -0.727. The van der Waals surface area contributed by atoms with Crippen LogP contribution in [0.25, 0.3) is 0 Å². The second-order valence-electron chi connectivity index (χ2n) is 3.81. The molecular formula is C11H13NO3S. The highest BCUT2D eigenvalue weighted by Gasteiger charge is 2.27. The standard InChI is InChI=1S/C11H13NO3S/c1-7(10(13)12-8-4-5-8)15-11(14)9-3-2-6-16-9/h2-3,6-8H,4-5H2,1H3,(H,12,13)/t7-/m0/s1. The van der Waals surface area contributed by atoms with Crippen LogP contribution in [0, 0.1) is 0 Å². The third-order valence-corrected chi connectivity index (χ3v) is 3.15. The lowest BCUT2D eigenvalue weighted by atomic mass is 10.3. The van der Waals surface area contributed by atoms with E-state index in [-0.39, 0.29) is 11.9 Å². The van der Waals surface area contributed by atoms with Gasteiger partial charge in [-0.15, -0.1) is 11.3 Å². The number of ether oxygens (including phenoxy) is 1. The van der Waals surface area contributed by atoms with Crippen molar-refractivity contribution in [3.8, 4) is 0 Å². The largest absolute Gasteiger partial charge is 0.448 e. The van der Waals surface area contributed by atoms with Gasteiger partial charge in [-0.3, -0.25) is 4.79 Å². The second-order valence-corrected chi connectivity index (χ2v) is 4.76. The molecule has 0 aromatic carbocycles. The van der Waals surface area contributed by atoms with Gasteiger partial charge in [-0.25, -0.2) is 4.79 Å². The molecule has 0 aliphatic heterocycles. The topological polar surface area (TPSA) is 55.4 Å². The molecule has 0 unspecified atom stereocenters. The summed E-state index contributed by atoms with van der Waals surface area (Å²) in [5, 5.41) is 4.59. The molecule has 1 N–H and O–H groups in total. The van der Waals surface area contributed by atoms with Crippen LogP contribution in [0.4, 0.5) is 0 Å². The van der Waals surface area contributed by atoms with Crippen LogP contribution < -0.4 is 5.32 Å². The molecule has 1 aromatic heterocycles. The van der Waals surface area contributed by atoms with Gasteiger partial charge in [-0.2, -0.15) is 0 Å². The molecule has 1 fully saturated rings.